The lowest BCUT2D eigenvalue weighted by Crippen LogP contribution is -1.97. The minimum atomic E-state index is 0.474. The number of aryl methyl sites for hydroxylation is 1. The fraction of sp³-hybridized carbons (Fsp3) is 0.357. The third kappa shape index (κ3) is 1.64. The van der Waals surface area contributed by atoms with Gasteiger partial charge in [0.25, 0.3) is 0 Å². The molecule has 0 N–H and O–H groups in total. The third-order valence-electron chi connectivity index (χ3n) is 2.93. The number of ether oxygens (including phenoxy) is 1. The molecule has 0 atom stereocenters. The summed E-state index contributed by atoms with van der Waals surface area (Å²) in [6, 6.07) is 6.32. The SMILES string of the molecule is COc1nccc2ccc(C)c(C(C)C)c12. The fourth-order valence-corrected chi connectivity index (χ4v) is 2.27. The molecule has 1 heterocycles. The van der Waals surface area contributed by atoms with Gasteiger partial charge in [-0.1, -0.05) is 26.0 Å². The lowest BCUT2D eigenvalue weighted by molar-refractivity contribution is 0.403. The van der Waals surface area contributed by atoms with E-state index in [1.165, 1.54) is 16.5 Å². The molecule has 0 aliphatic heterocycles. The second-order valence-corrected chi connectivity index (χ2v) is 4.37. The van der Waals surface area contributed by atoms with Crippen LogP contribution in [0.3, 0.4) is 0 Å². The molecule has 1 aromatic carbocycles. The van der Waals surface area contributed by atoms with E-state index in [1.54, 1.807) is 13.3 Å². The number of nitrogens with zero attached hydrogens (tertiary/aromatic N) is 1. The number of fused-ring (bicyclic) bond motifs is 1. The van der Waals surface area contributed by atoms with Crippen LogP contribution in [-0.4, -0.2) is 12.1 Å². The van der Waals surface area contributed by atoms with E-state index in [0.717, 1.165) is 11.3 Å². The molecule has 2 nitrogen and oxygen atoms in total. The number of aromatic nitrogens is 1. The molecular weight excluding hydrogens is 198 g/mol. The van der Waals surface area contributed by atoms with Crippen molar-refractivity contribution in [1.82, 2.24) is 4.98 Å². The number of methoxy groups -OCH3 is 1. The van der Waals surface area contributed by atoms with Crippen molar-refractivity contribution >= 4 is 10.8 Å². The van der Waals surface area contributed by atoms with Crippen LogP contribution in [0.5, 0.6) is 5.88 Å². The fourth-order valence-electron chi connectivity index (χ4n) is 2.27. The summed E-state index contributed by atoms with van der Waals surface area (Å²) < 4.78 is 5.36. The third-order valence-corrected chi connectivity index (χ3v) is 2.93. The van der Waals surface area contributed by atoms with Gasteiger partial charge in [0.05, 0.1) is 7.11 Å². The topological polar surface area (TPSA) is 22.1 Å². The van der Waals surface area contributed by atoms with Crippen molar-refractivity contribution in [2.24, 2.45) is 0 Å². The minimum absolute atomic E-state index is 0.474. The number of rotatable bonds is 2. The van der Waals surface area contributed by atoms with Crippen LogP contribution in [0.4, 0.5) is 0 Å². The Morgan fingerprint density at radius 1 is 1.19 bits per heavy atom. The van der Waals surface area contributed by atoms with E-state index in [4.69, 9.17) is 4.74 Å². The molecule has 2 heteroatoms. The van der Waals surface area contributed by atoms with Crippen LogP contribution in [0, 0.1) is 6.92 Å². The predicted molar refractivity (Wildman–Crippen MR) is 67.1 cm³/mol. The van der Waals surface area contributed by atoms with Gasteiger partial charge in [0, 0.05) is 11.6 Å². The first-order valence-corrected chi connectivity index (χ1v) is 5.57. The van der Waals surface area contributed by atoms with E-state index in [0.29, 0.717) is 5.92 Å². The van der Waals surface area contributed by atoms with Gasteiger partial charge in [-0.05, 0) is 35.4 Å². The van der Waals surface area contributed by atoms with Crippen molar-refractivity contribution in [2.45, 2.75) is 26.7 Å². The molecule has 1 aromatic heterocycles. The quantitative estimate of drug-likeness (QED) is 0.762. The maximum absolute atomic E-state index is 5.36. The van der Waals surface area contributed by atoms with E-state index >= 15 is 0 Å². The maximum Gasteiger partial charge on any atom is 0.221 e. The van der Waals surface area contributed by atoms with Gasteiger partial charge in [0.2, 0.25) is 5.88 Å². The summed E-state index contributed by atoms with van der Waals surface area (Å²) in [7, 11) is 1.67. The van der Waals surface area contributed by atoms with Gasteiger partial charge in [0.1, 0.15) is 0 Å². The Hall–Kier alpha value is -1.57. The molecule has 0 bridgehead atoms. The number of pyridine rings is 1. The first kappa shape index (κ1) is 10.9. The number of hydrogen-bond acceptors (Lipinski definition) is 2. The van der Waals surface area contributed by atoms with Gasteiger partial charge >= 0.3 is 0 Å². The summed E-state index contributed by atoms with van der Waals surface area (Å²) in [6.07, 6.45) is 1.79. The van der Waals surface area contributed by atoms with Gasteiger partial charge in [-0.2, -0.15) is 0 Å². The molecule has 2 rings (SSSR count). The molecule has 0 saturated heterocycles. The molecular formula is C14H17NO. The molecule has 16 heavy (non-hydrogen) atoms. The average Bonchev–Trinajstić information content (AvgIpc) is 2.27. The highest BCUT2D eigenvalue weighted by Crippen LogP contribution is 2.33. The average molecular weight is 215 g/mol. The van der Waals surface area contributed by atoms with Crippen LogP contribution in [0.25, 0.3) is 10.8 Å². The lowest BCUT2D eigenvalue weighted by Gasteiger charge is -2.15. The van der Waals surface area contributed by atoms with Crippen LogP contribution >= 0.6 is 0 Å². The van der Waals surface area contributed by atoms with Crippen molar-refractivity contribution in [3.8, 4) is 5.88 Å². The summed E-state index contributed by atoms with van der Waals surface area (Å²) in [5.74, 6) is 1.20. The standard InChI is InChI=1S/C14H17NO/c1-9(2)12-10(3)5-6-11-7-8-15-14(16-4)13(11)12/h5-9H,1-4H3. The molecule has 0 fully saturated rings. The second kappa shape index (κ2) is 4.12. The Bertz CT molecular complexity index is 517. The molecule has 2 aromatic rings. The summed E-state index contributed by atoms with van der Waals surface area (Å²) in [5, 5.41) is 2.35. The van der Waals surface area contributed by atoms with Crippen molar-refractivity contribution in [3.05, 3.63) is 35.5 Å². The van der Waals surface area contributed by atoms with Crippen LogP contribution in [0.15, 0.2) is 24.4 Å². The van der Waals surface area contributed by atoms with Crippen molar-refractivity contribution in [2.75, 3.05) is 7.11 Å². The summed E-state index contributed by atoms with van der Waals surface area (Å²) in [6.45, 7) is 6.55. The monoisotopic (exact) mass is 215 g/mol. The van der Waals surface area contributed by atoms with Gasteiger partial charge in [-0.15, -0.1) is 0 Å². The van der Waals surface area contributed by atoms with Crippen LogP contribution in [0.1, 0.15) is 30.9 Å². The van der Waals surface area contributed by atoms with Crippen LogP contribution in [-0.2, 0) is 0 Å². The molecule has 0 radical (unpaired) electrons. The maximum atomic E-state index is 5.36. The summed E-state index contributed by atoms with van der Waals surface area (Å²) >= 11 is 0. The molecule has 0 spiro atoms. The Balaban J connectivity index is 2.88. The molecule has 0 amide bonds. The largest absolute Gasteiger partial charge is 0.481 e. The van der Waals surface area contributed by atoms with Gasteiger partial charge in [0.15, 0.2) is 0 Å². The van der Waals surface area contributed by atoms with Crippen LogP contribution in [0.2, 0.25) is 0 Å². The molecule has 0 aliphatic carbocycles. The van der Waals surface area contributed by atoms with E-state index in [-0.39, 0.29) is 0 Å². The van der Waals surface area contributed by atoms with E-state index < -0.39 is 0 Å². The molecule has 0 unspecified atom stereocenters. The van der Waals surface area contributed by atoms with Gasteiger partial charge < -0.3 is 4.74 Å². The Morgan fingerprint density at radius 3 is 2.56 bits per heavy atom. The Kier molecular flexibility index (Phi) is 2.82. The highest BCUT2D eigenvalue weighted by molar-refractivity contribution is 5.91. The zero-order valence-electron chi connectivity index (χ0n) is 10.2. The van der Waals surface area contributed by atoms with E-state index in [9.17, 15) is 0 Å². The highest BCUT2D eigenvalue weighted by atomic mass is 16.5. The first-order valence-electron chi connectivity index (χ1n) is 5.57. The number of benzene rings is 1. The van der Waals surface area contributed by atoms with Crippen LogP contribution < -0.4 is 4.74 Å². The molecule has 0 aliphatic rings. The normalized spacial score (nSPS) is 11.1. The Morgan fingerprint density at radius 2 is 1.94 bits per heavy atom. The number of hydrogen-bond donors (Lipinski definition) is 0. The van der Waals surface area contributed by atoms with Crippen molar-refractivity contribution in [1.29, 1.82) is 0 Å². The van der Waals surface area contributed by atoms with E-state index in [2.05, 4.69) is 37.9 Å². The second-order valence-electron chi connectivity index (χ2n) is 4.37. The molecule has 0 saturated carbocycles. The predicted octanol–water partition coefficient (Wildman–Crippen LogP) is 3.68. The minimum Gasteiger partial charge on any atom is -0.481 e. The van der Waals surface area contributed by atoms with E-state index in [1.807, 2.05) is 6.07 Å². The lowest BCUT2D eigenvalue weighted by atomic mass is 9.92. The summed E-state index contributed by atoms with van der Waals surface area (Å²) in [5.41, 5.74) is 2.64. The van der Waals surface area contributed by atoms with Gasteiger partial charge in [-0.25, -0.2) is 4.98 Å². The summed E-state index contributed by atoms with van der Waals surface area (Å²) in [4.78, 5) is 4.29. The zero-order chi connectivity index (χ0) is 11.7. The highest BCUT2D eigenvalue weighted by Gasteiger charge is 2.13. The molecule has 84 valence electrons. The first-order chi connectivity index (χ1) is 7.65. The zero-order valence-corrected chi connectivity index (χ0v) is 10.2. The smallest absolute Gasteiger partial charge is 0.221 e. The van der Waals surface area contributed by atoms with Crippen molar-refractivity contribution < 1.29 is 4.74 Å². The Labute approximate surface area is 96.3 Å². The van der Waals surface area contributed by atoms with Crippen molar-refractivity contribution in [3.63, 3.8) is 0 Å². The van der Waals surface area contributed by atoms with Gasteiger partial charge in [-0.3, -0.25) is 0 Å².